The normalized spacial score (nSPS) is 12.3. The number of hydrogen-bond acceptors (Lipinski definition) is 3. The lowest BCUT2D eigenvalue weighted by atomic mass is 9.98. The molecule has 2 aromatic rings. The Balaban J connectivity index is 2.50. The fourth-order valence-corrected chi connectivity index (χ4v) is 1.88. The van der Waals surface area contributed by atoms with E-state index in [1.165, 1.54) is 26.2 Å². The number of ether oxygens (including phenoxy) is 1. The Morgan fingerprint density at radius 2 is 1.89 bits per heavy atom. The summed E-state index contributed by atoms with van der Waals surface area (Å²) in [6.07, 6.45) is 1.54. The summed E-state index contributed by atoms with van der Waals surface area (Å²) in [5.41, 5.74) is 6.81. The third-order valence-corrected chi connectivity index (χ3v) is 2.97. The van der Waals surface area contributed by atoms with E-state index in [-0.39, 0.29) is 11.1 Å². The minimum atomic E-state index is -0.932. The molecule has 0 radical (unpaired) electrons. The van der Waals surface area contributed by atoms with Gasteiger partial charge in [0.15, 0.2) is 11.6 Å². The molecule has 1 atom stereocenters. The molecule has 100 valence electrons. The van der Waals surface area contributed by atoms with E-state index < -0.39 is 17.7 Å². The van der Waals surface area contributed by atoms with Gasteiger partial charge in [0.2, 0.25) is 5.88 Å². The highest BCUT2D eigenvalue weighted by Gasteiger charge is 2.21. The van der Waals surface area contributed by atoms with Crippen molar-refractivity contribution >= 4 is 0 Å². The molecule has 0 aliphatic heterocycles. The highest BCUT2D eigenvalue weighted by atomic mass is 19.2. The van der Waals surface area contributed by atoms with Gasteiger partial charge in [-0.15, -0.1) is 0 Å². The van der Waals surface area contributed by atoms with E-state index in [0.717, 1.165) is 0 Å². The molecule has 1 aromatic carbocycles. The van der Waals surface area contributed by atoms with Gasteiger partial charge in [0.25, 0.3) is 0 Å². The van der Waals surface area contributed by atoms with E-state index in [1.807, 2.05) is 0 Å². The van der Waals surface area contributed by atoms with Crippen LogP contribution in [0.2, 0.25) is 0 Å². The van der Waals surface area contributed by atoms with E-state index in [1.54, 1.807) is 18.3 Å². The molecule has 1 unspecified atom stereocenters. The Bertz CT molecular complexity index is 602. The highest BCUT2D eigenvalue weighted by Crippen LogP contribution is 2.29. The number of halogens is 2. The average molecular weight is 264 g/mol. The van der Waals surface area contributed by atoms with Crippen LogP contribution in [0.25, 0.3) is 0 Å². The van der Waals surface area contributed by atoms with Crippen LogP contribution in [0.5, 0.6) is 5.88 Å². The molecule has 0 amide bonds. The van der Waals surface area contributed by atoms with Gasteiger partial charge in [0.1, 0.15) is 0 Å². The fourth-order valence-electron chi connectivity index (χ4n) is 1.88. The predicted molar refractivity (Wildman–Crippen MR) is 67.9 cm³/mol. The van der Waals surface area contributed by atoms with Gasteiger partial charge in [-0.3, -0.25) is 0 Å². The largest absolute Gasteiger partial charge is 0.481 e. The molecule has 19 heavy (non-hydrogen) atoms. The third kappa shape index (κ3) is 2.42. The first-order chi connectivity index (χ1) is 9.06. The lowest BCUT2D eigenvalue weighted by molar-refractivity contribution is 0.389. The molecule has 2 N–H and O–H groups in total. The number of rotatable bonds is 3. The Kier molecular flexibility index (Phi) is 3.76. The molecule has 0 aliphatic rings. The van der Waals surface area contributed by atoms with Crippen molar-refractivity contribution < 1.29 is 13.5 Å². The quantitative estimate of drug-likeness (QED) is 0.927. The topological polar surface area (TPSA) is 48.1 Å². The zero-order valence-electron chi connectivity index (χ0n) is 10.7. The van der Waals surface area contributed by atoms with Gasteiger partial charge in [0.05, 0.1) is 13.2 Å². The van der Waals surface area contributed by atoms with Gasteiger partial charge in [-0.25, -0.2) is 13.8 Å². The summed E-state index contributed by atoms with van der Waals surface area (Å²) < 4.78 is 32.6. The van der Waals surface area contributed by atoms with Crippen LogP contribution < -0.4 is 10.5 Å². The van der Waals surface area contributed by atoms with E-state index in [4.69, 9.17) is 10.5 Å². The predicted octanol–water partition coefficient (Wildman–Crippen LogP) is 2.72. The number of hydrogen-bond donors (Lipinski definition) is 1. The van der Waals surface area contributed by atoms with Crippen molar-refractivity contribution in [2.24, 2.45) is 5.73 Å². The first-order valence-corrected chi connectivity index (χ1v) is 5.75. The summed E-state index contributed by atoms with van der Waals surface area (Å²) in [7, 11) is 1.45. The number of pyridine rings is 1. The van der Waals surface area contributed by atoms with Crippen LogP contribution in [0.3, 0.4) is 0 Å². The first kappa shape index (κ1) is 13.4. The smallest absolute Gasteiger partial charge is 0.218 e. The van der Waals surface area contributed by atoms with Crippen molar-refractivity contribution in [3.8, 4) is 5.88 Å². The Morgan fingerprint density at radius 3 is 2.58 bits per heavy atom. The van der Waals surface area contributed by atoms with Crippen molar-refractivity contribution in [3.63, 3.8) is 0 Å². The number of benzene rings is 1. The monoisotopic (exact) mass is 264 g/mol. The maximum Gasteiger partial charge on any atom is 0.218 e. The summed E-state index contributed by atoms with van der Waals surface area (Å²) in [4.78, 5) is 3.99. The zero-order valence-corrected chi connectivity index (χ0v) is 10.7. The summed E-state index contributed by atoms with van der Waals surface area (Å²) in [6.45, 7) is 1.50. The van der Waals surface area contributed by atoms with Crippen LogP contribution in [-0.4, -0.2) is 12.1 Å². The van der Waals surface area contributed by atoms with Gasteiger partial charge in [-0.05, 0) is 18.6 Å². The molecule has 2 rings (SSSR count). The average Bonchev–Trinajstić information content (AvgIpc) is 2.44. The maximum absolute atomic E-state index is 13.9. The molecular weight excluding hydrogens is 250 g/mol. The number of nitrogens with zero attached hydrogens (tertiary/aromatic N) is 1. The molecule has 0 fully saturated rings. The Labute approximate surface area is 110 Å². The van der Waals surface area contributed by atoms with Gasteiger partial charge in [-0.1, -0.05) is 18.2 Å². The van der Waals surface area contributed by atoms with Gasteiger partial charge < -0.3 is 10.5 Å². The molecule has 3 nitrogen and oxygen atoms in total. The number of aryl methyl sites for hydroxylation is 1. The fraction of sp³-hybridized carbons (Fsp3) is 0.214. The van der Waals surface area contributed by atoms with Crippen molar-refractivity contribution in [1.29, 1.82) is 0 Å². The summed E-state index contributed by atoms with van der Waals surface area (Å²) in [5.74, 6) is -1.51. The zero-order chi connectivity index (χ0) is 14.0. The summed E-state index contributed by atoms with van der Waals surface area (Å²) in [5, 5.41) is 0. The van der Waals surface area contributed by atoms with Gasteiger partial charge in [-0.2, -0.15) is 0 Å². The summed E-state index contributed by atoms with van der Waals surface area (Å²) >= 11 is 0. The molecule has 0 saturated heterocycles. The molecule has 0 saturated carbocycles. The summed E-state index contributed by atoms with van der Waals surface area (Å²) in [6, 6.07) is 5.48. The van der Waals surface area contributed by atoms with Crippen LogP contribution >= 0.6 is 0 Å². The molecular formula is C14H14F2N2O. The maximum atomic E-state index is 13.9. The van der Waals surface area contributed by atoms with Crippen LogP contribution in [-0.2, 0) is 0 Å². The molecule has 1 aromatic heterocycles. The molecule has 1 heterocycles. The number of methoxy groups -OCH3 is 1. The molecule has 0 bridgehead atoms. The Morgan fingerprint density at radius 1 is 1.16 bits per heavy atom. The molecule has 5 heteroatoms. The SMILES string of the molecule is COc1ncccc1C(N)c1ccc(C)c(F)c1F. The van der Waals surface area contributed by atoms with E-state index >= 15 is 0 Å². The minimum absolute atomic E-state index is 0.0781. The van der Waals surface area contributed by atoms with Crippen LogP contribution in [0, 0.1) is 18.6 Å². The lowest BCUT2D eigenvalue weighted by Crippen LogP contribution is -2.16. The standard InChI is InChI=1S/C14H14F2N2O/c1-8-5-6-9(12(16)11(8)15)13(17)10-4-3-7-18-14(10)19-2/h3-7,13H,17H2,1-2H3. The van der Waals surface area contributed by atoms with E-state index in [2.05, 4.69) is 4.98 Å². The third-order valence-electron chi connectivity index (χ3n) is 2.97. The first-order valence-electron chi connectivity index (χ1n) is 5.75. The second kappa shape index (κ2) is 5.32. The van der Waals surface area contributed by atoms with Crippen molar-refractivity contribution in [3.05, 3.63) is 58.8 Å². The van der Waals surface area contributed by atoms with Crippen molar-refractivity contribution in [2.75, 3.05) is 7.11 Å². The van der Waals surface area contributed by atoms with Crippen LogP contribution in [0.15, 0.2) is 30.5 Å². The van der Waals surface area contributed by atoms with Crippen molar-refractivity contribution in [1.82, 2.24) is 4.98 Å². The molecule has 0 aliphatic carbocycles. The Hall–Kier alpha value is -2.01. The van der Waals surface area contributed by atoms with Gasteiger partial charge in [0, 0.05) is 17.3 Å². The van der Waals surface area contributed by atoms with Crippen molar-refractivity contribution in [2.45, 2.75) is 13.0 Å². The number of nitrogens with two attached hydrogens (primary N) is 1. The molecule has 0 spiro atoms. The number of aromatic nitrogens is 1. The van der Waals surface area contributed by atoms with Crippen LogP contribution in [0.1, 0.15) is 22.7 Å². The van der Waals surface area contributed by atoms with E-state index in [0.29, 0.717) is 11.4 Å². The van der Waals surface area contributed by atoms with Crippen LogP contribution in [0.4, 0.5) is 8.78 Å². The highest BCUT2D eigenvalue weighted by molar-refractivity contribution is 5.39. The second-order valence-corrected chi connectivity index (χ2v) is 4.18. The van der Waals surface area contributed by atoms with E-state index in [9.17, 15) is 8.78 Å². The lowest BCUT2D eigenvalue weighted by Gasteiger charge is -2.16. The van der Waals surface area contributed by atoms with Gasteiger partial charge >= 0.3 is 0 Å². The minimum Gasteiger partial charge on any atom is -0.481 e. The second-order valence-electron chi connectivity index (χ2n) is 4.18.